The van der Waals surface area contributed by atoms with Crippen LogP contribution in [0, 0.1) is 19.8 Å². The number of carbonyl (C=O) groups is 2. The Bertz CT molecular complexity index is 709. The van der Waals surface area contributed by atoms with Crippen molar-refractivity contribution in [2.24, 2.45) is 5.92 Å². The van der Waals surface area contributed by atoms with Crippen molar-refractivity contribution in [3.05, 3.63) is 40.6 Å². The molecule has 27 heavy (non-hydrogen) atoms. The molecule has 0 N–H and O–H groups in total. The number of hydrogen-bond donors (Lipinski definition) is 0. The molecule has 1 aliphatic rings. The number of rotatable bonds is 7. The van der Waals surface area contributed by atoms with Gasteiger partial charge in [0.05, 0.1) is 11.7 Å². The van der Waals surface area contributed by atoms with Gasteiger partial charge in [-0.15, -0.1) is 0 Å². The molecule has 0 aliphatic heterocycles. The highest BCUT2D eigenvalue weighted by Crippen LogP contribution is 2.37. The number of methoxy groups -OCH3 is 1. The lowest BCUT2D eigenvalue weighted by Crippen LogP contribution is -2.25. The van der Waals surface area contributed by atoms with E-state index in [-0.39, 0.29) is 23.8 Å². The summed E-state index contributed by atoms with van der Waals surface area (Å²) >= 11 is 0. The number of benzene rings is 1. The minimum Gasteiger partial charge on any atom is -0.430 e. The highest BCUT2D eigenvalue weighted by atomic mass is 16.5. The van der Waals surface area contributed by atoms with Crippen LogP contribution in [0.25, 0.3) is 5.57 Å². The number of allylic oxidation sites excluding steroid dienone is 2. The Kier molecular flexibility index (Phi) is 7.78. The molecule has 0 amide bonds. The molecule has 1 aliphatic carbocycles. The molecule has 148 valence electrons. The maximum atomic E-state index is 12.7. The first kappa shape index (κ1) is 21.4. The van der Waals surface area contributed by atoms with E-state index in [0.29, 0.717) is 17.8 Å². The van der Waals surface area contributed by atoms with Crippen LogP contribution in [0.2, 0.25) is 0 Å². The average Bonchev–Trinajstić information content (AvgIpc) is 2.64. The number of hydrogen-bond acceptors (Lipinski definition) is 4. The van der Waals surface area contributed by atoms with Crippen LogP contribution in [-0.2, 0) is 19.1 Å². The second-order valence-corrected chi connectivity index (χ2v) is 7.55. The van der Waals surface area contributed by atoms with E-state index < -0.39 is 0 Å². The zero-order valence-corrected chi connectivity index (χ0v) is 17.3. The van der Waals surface area contributed by atoms with Gasteiger partial charge < -0.3 is 9.47 Å². The quantitative estimate of drug-likeness (QED) is 0.377. The summed E-state index contributed by atoms with van der Waals surface area (Å²) in [4.78, 5) is 25.0. The van der Waals surface area contributed by atoms with Gasteiger partial charge in [0.25, 0.3) is 0 Å². The third-order valence-corrected chi connectivity index (χ3v) is 5.32. The zero-order valence-electron chi connectivity index (χ0n) is 17.3. The minimum absolute atomic E-state index is 0.0585. The molecule has 4 nitrogen and oxygen atoms in total. The van der Waals surface area contributed by atoms with Gasteiger partial charge in [0.1, 0.15) is 5.76 Å². The molecule has 0 radical (unpaired) electrons. The lowest BCUT2D eigenvalue weighted by molar-refractivity contribution is -0.140. The molecule has 0 saturated heterocycles. The first-order valence-corrected chi connectivity index (χ1v) is 9.93. The van der Waals surface area contributed by atoms with Crippen molar-refractivity contribution in [3.63, 3.8) is 0 Å². The first-order chi connectivity index (χ1) is 12.9. The lowest BCUT2D eigenvalue weighted by atomic mass is 9.82. The van der Waals surface area contributed by atoms with Crippen molar-refractivity contribution >= 4 is 17.3 Å². The van der Waals surface area contributed by atoms with E-state index in [9.17, 15) is 9.59 Å². The SMILES string of the molecule is CCCC(=O)O/C(=C(/C(C)=O)c1cc(C)ccc1C)C1CCC(OC)CC1. The minimum atomic E-state index is -0.259. The summed E-state index contributed by atoms with van der Waals surface area (Å²) in [6.45, 7) is 7.51. The van der Waals surface area contributed by atoms with E-state index in [2.05, 4.69) is 0 Å². The number of Topliss-reactive ketones (excluding diaryl/α,β-unsaturated/α-hetero) is 1. The second kappa shape index (κ2) is 9.84. The molecule has 1 saturated carbocycles. The largest absolute Gasteiger partial charge is 0.430 e. The summed E-state index contributed by atoms with van der Waals surface area (Å²) in [5.74, 6) is 0.308. The van der Waals surface area contributed by atoms with Gasteiger partial charge in [-0.05, 0) is 64.0 Å². The average molecular weight is 373 g/mol. The molecule has 0 heterocycles. The van der Waals surface area contributed by atoms with Crippen molar-refractivity contribution in [1.82, 2.24) is 0 Å². The molecular formula is C23H32O4. The van der Waals surface area contributed by atoms with Crippen LogP contribution in [0.5, 0.6) is 0 Å². The third kappa shape index (κ3) is 5.52. The van der Waals surface area contributed by atoms with Crippen molar-refractivity contribution in [2.75, 3.05) is 7.11 Å². The van der Waals surface area contributed by atoms with Gasteiger partial charge in [-0.1, -0.05) is 30.7 Å². The highest BCUT2D eigenvalue weighted by Gasteiger charge is 2.30. The smallest absolute Gasteiger partial charge is 0.310 e. The van der Waals surface area contributed by atoms with Crippen LogP contribution in [0.1, 0.15) is 69.1 Å². The fraction of sp³-hybridized carbons (Fsp3) is 0.565. The summed E-state index contributed by atoms with van der Waals surface area (Å²) < 4.78 is 11.3. The molecule has 0 bridgehead atoms. The standard InChI is InChI=1S/C23H32O4/c1-6-7-21(25)27-23(18-10-12-19(26-5)13-11-18)22(17(4)24)20-14-15(2)8-9-16(20)3/h8-9,14,18-19H,6-7,10-13H2,1-5H3/b23-22-. The molecule has 0 unspecified atom stereocenters. The van der Waals surface area contributed by atoms with E-state index in [1.54, 1.807) is 14.0 Å². The summed E-state index contributed by atoms with van der Waals surface area (Å²) in [7, 11) is 1.74. The Morgan fingerprint density at radius 3 is 2.33 bits per heavy atom. The van der Waals surface area contributed by atoms with E-state index in [1.165, 1.54) is 0 Å². The topological polar surface area (TPSA) is 52.6 Å². The van der Waals surface area contributed by atoms with E-state index >= 15 is 0 Å². The predicted molar refractivity (Wildman–Crippen MR) is 107 cm³/mol. The summed E-state index contributed by atoms with van der Waals surface area (Å²) in [5, 5.41) is 0. The molecular weight excluding hydrogens is 340 g/mol. The molecule has 2 rings (SSSR count). The summed E-state index contributed by atoms with van der Waals surface area (Å²) in [6, 6.07) is 6.06. The maximum absolute atomic E-state index is 12.7. The van der Waals surface area contributed by atoms with Crippen LogP contribution >= 0.6 is 0 Å². The van der Waals surface area contributed by atoms with Crippen LogP contribution in [0.3, 0.4) is 0 Å². The van der Waals surface area contributed by atoms with E-state index in [1.807, 2.05) is 39.0 Å². The summed E-state index contributed by atoms with van der Waals surface area (Å²) in [6.07, 6.45) is 4.86. The lowest BCUT2D eigenvalue weighted by Gasteiger charge is -2.30. The van der Waals surface area contributed by atoms with Gasteiger partial charge in [-0.3, -0.25) is 9.59 Å². The summed E-state index contributed by atoms with van der Waals surface area (Å²) in [5.41, 5.74) is 3.52. The third-order valence-electron chi connectivity index (χ3n) is 5.32. The molecule has 0 spiro atoms. The molecule has 1 fully saturated rings. The van der Waals surface area contributed by atoms with Gasteiger partial charge in [0, 0.05) is 19.4 Å². The van der Waals surface area contributed by atoms with E-state index in [0.717, 1.165) is 48.8 Å². The Morgan fingerprint density at radius 1 is 1.11 bits per heavy atom. The van der Waals surface area contributed by atoms with Crippen molar-refractivity contribution in [2.45, 2.75) is 72.3 Å². The normalized spacial score (nSPS) is 20.8. The van der Waals surface area contributed by atoms with Crippen molar-refractivity contribution in [1.29, 1.82) is 0 Å². The van der Waals surface area contributed by atoms with Crippen LogP contribution in [-0.4, -0.2) is 25.0 Å². The van der Waals surface area contributed by atoms with Gasteiger partial charge in [-0.2, -0.15) is 0 Å². The maximum Gasteiger partial charge on any atom is 0.310 e. The first-order valence-electron chi connectivity index (χ1n) is 9.93. The number of ketones is 1. The fourth-order valence-corrected chi connectivity index (χ4v) is 3.78. The number of aryl methyl sites for hydroxylation is 2. The van der Waals surface area contributed by atoms with Gasteiger partial charge in [0.2, 0.25) is 0 Å². The molecule has 0 atom stereocenters. The van der Waals surface area contributed by atoms with Gasteiger partial charge in [0.15, 0.2) is 5.78 Å². The Hall–Kier alpha value is -1.94. The monoisotopic (exact) mass is 372 g/mol. The van der Waals surface area contributed by atoms with Crippen molar-refractivity contribution in [3.8, 4) is 0 Å². The zero-order chi connectivity index (χ0) is 20.0. The Balaban J connectivity index is 2.53. The number of esters is 1. The second-order valence-electron chi connectivity index (χ2n) is 7.55. The van der Waals surface area contributed by atoms with E-state index in [4.69, 9.17) is 9.47 Å². The Labute approximate surface area is 162 Å². The van der Waals surface area contributed by atoms with Crippen LogP contribution < -0.4 is 0 Å². The molecule has 4 heteroatoms. The Morgan fingerprint density at radius 2 is 1.78 bits per heavy atom. The van der Waals surface area contributed by atoms with Gasteiger partial charge >= 0.3 is 5.97 Å². The molecule has 0 aromatic heterocycles. The van der Waals surface area contributed by atoms with Crippen LogP contribution in [0.4, 0.5) is 0 Å². The fourth-order valence-electron chi connectivity index (χ4n) is 3.78. The molecule has 1 aromatic rings. The number of ether oxygens (including phenoxy) is 2. The van der Waals surface area contributed by atoms with Gasteiger partial charge in [-0.25, -0.2) is 0 Å². The van der Waals surface area contributed by atoms with Crippen LogP contribution in [0.15, 0.2) is 24.0 Å². The molecule has 1 aromatic carbocycles. The van der Waals surface area contributed by atoms with Crippen molar-refractivity contribution < 1.29 is 19.1 Å². The number of carbonyl (C=O) groups excluding carboxylic acids is 2. The highest BCUT2D eigenvalue weighted by molar-refractivity contribution is 6.20. The predicted octanol–water partition coefficient (Wildman–Crippen LogP) is 5.15.